The predicted octanol–water partition coefficient (Wildman–Crippen LogP) is 0.916. The molecule has 0 bridgehead atoms. The highest BCUT2D eigenvalue weighted by molar-refractivity contribution is 7.09. The molecule has 1 saturated heterocycles. The molecule has 0 radical (unpaired) electrons. The Kier molecular flexibility index (Phi) is 5.38. The van der Waals surface area contributed by atoms with E-state index in [1.807, 2.05) is 0 Å². The number of ether oxygens (including phenoxy) is 1. The summed E-state index contributed by atoms with van der Waals surface area (Å²) in [6, 6.07) is 0. The molecular formula is C12H21N3OS. The number of nitrogens with one attached hydrogen (secondary N) is 1. The zero-order valence-corrected chi connectivity index (χ0v) is 11.3. The molecule has 17 heavy (non-hydrogen) atoms. The van der Waals surface area contributed by atoms with Gasteiger partial charge in [0, 0.05) is 44.5 Å². The molecule has 0 saturated carbocycles. The second-order valence-electron chi connectivity index (χ2n) is 4.31. The summed E-state index contributed by atoms with van der Waals surface area (Å²) in [5, 5.41) is 6.78. The van der Waals surface area contributed by atoms with Gasteiger partial charge in [-0.15, -0.1) is 11.3 Å². The Morgan fingerprint density at radius 3 is 2.94 bits per heavy atom. The van der Waals surface area contributed by atoms with E-state index in [-0.39, 0.29) is 0 Å². The van der Waals surface area contributed by atoms with Crippen LogP contribution in [0.2, 0.25) is 0 Å². The summed E-state index contributed by atoms with van der Waals surface area (Å²) in [6.45, 7) is 9.19. The van der Waals surface area contributed by atoms with Crippen LogP contribution in [0.5, 0.6) is 0 Å². The normalized spacial score (nSPS) is 17.5. The van der Waals surface area contributed by atoms with Crippen LogP contribution in [0, 0.1) is 6.92 Å². The minimum atomic E-state index is 0.887. The number of aryl methyl sites for hydroxylation is 1. The van der Waals surface area contributed by atoms with Crippen LogP contribution >= 0.6 is 11.3 Å². The summed E-state index contributed by atoms with van der Waals surface area (Å²) in [5.74, 6) is 0. The Bertz CT molecular complexity index is 323. The molecular weight excluding hydrogens is 234 g/mol. The average Bonchev–Trinajstić information content (AvgIpc) is 2.76. The van der Waals surface area contributed by atoms with E-state index in [1.54, 1.807) is 11.3 Å². The Hall–Kier alpha value is -0.490. The Morgan fingerprint density at radius 2 is 2.24 bits per heavy atom. The van der Waals surface area contributed by atoms with Crippen LogP contribution < -0.4 is 5.32 Å². The van der Waals surface area contributed by atoms with Crippen LogP contribution in [0.15, 0.2) is 5.38 Å². The third-order valence-corrected chi connectivity index (χ3v) is 3.76. The van der Waals surface area contributed by atoms with Gasteiger partial charge in [-0.1, -0.05) is 0 Å². The fraction of sp³-hybridized carbons (Fsp3) is 0.750. The van der Waals surface area contributed by atoms with Gasteiger partial charge >= 0.3 is 0 Å². The summed E-state index contributed by atoms with van der Waals surface area (Å²) >= 11 is 1.73. The molecule has 5 heteroatoms. The number of nitrogens with zero attached hydrogens (tertiary/aromatic N) is 2. The maximum absolute atomic E-state index is 5.32. The molecule has 0 aromatic carbocycles. The monoisotopic (exact) mass is 255 g/mol. The van der Waals surface area contributed by atoms with Crippen molar-refractivity contribution in [3.63, 3.8) is 0 Å². The summed E-state index contributed by atoms with van der Waals surface area (Å²) in [5.41, 5.74) is 1.21. The summed E-state index contributed by atoms with van der Waals surface area (Å²) < 4.78 is 5.32. The molecule has 0 atom stereocenters. The van der Waals surface area contributed by atoms with Gasteiger partial charge in [0.1, 0.15) is 0 Å². The van der Waals surface area contributed by atoms with E-state index in [9.17, 15) is 0 Å². The fourth-order valence-corrected chi connectivity index (χ4v) is 2.57. The standard InChI is InChI=1S/C12H21N3OS/c1-11-14-12(10-17-11)2-3-13-4-5-15-6-8-16-9-7-15/h10,13H,2-9H2,1H3. The zero-order valence-electron chi connectivity index (χ0n) is 10.4. The molecule has 4 nitrogen and oxygen atoms in total. The van der Waals surface area contributed by atoms with Crippen LogP contribution in [0.1, 0.15) is 10.7 Å². The number of aromatic nitrogens is 1. The third-order valence-electron chi connectivity index (χ3n) is 2.93. The van der Waals surface area contributed by atoms with Crippen LogP contribution in [-0.4, -0.2) is 55.8 Å². The van der Waals surface area contributed by atoms with E-state index in [4.69, 9.17) is 4.74 Å². The molecule has 1 aliphatic heterocycles. The van der Waals surface area contributed by atoms with Gasteiger partial charge in [0.15, 0.2) is 0 Å². The molecule has 1 fully saturated rings. The highest BCUT2D eigenvalue weighted by Crippen LogP contribution is 2.07. The highest BCUT2D eigenvalue weighted by Gasteiger charge is 2.08. The van der Waals surface area contributed by atoms with Crippen molar-refractivity contribution in [1.29, 1.82) is 0 Å². The van der Waals surface area contributed by atoms with Crippen molar-refractivity contribution in [1.82, 2.24) is 15.2 Å². The van der Waals surface area contributed by atoms with Gasteiger partial charge in [0.2, 0.25) is 0 Å². The second kappa shape index (κ2) is 7.06. The van der Waals surface area contributed by atoms with E-state index in [2.05, 4.69) is 27.5 Å². The molecule has 1 aliphatic rings. The van der Waals surface area contributed by atoms with Gasteiger partial charge in [-0.2, -0.15) is 0 Å². The smallest absolute Gasteiger partial charge is 0.0897 e. The lowest BCUT2D eigenvalue weighted by atomic mass is 10.3. The molecule has 2 rings (SSSR count). The van der Waals surface area contributed by atoms with Crippen molar-refractivity contribution in [3.05, 3.63) is 16.1 Å². The molecule has 1 N–H and O–H groups in total. The molecule has 1 aromatic heterocycles. The lowest BCUT2D eigenvalue weighted by Gasteiger charge is -2.26. The zero-order chi connectivity index (χ0) is 11.9. The number of hydrogen-bond acceptors (Lipinski definition) is 5. The number of thiazole rings is 1. The topological polar surface area (TPSA) is 37.4 Å². The maximum Gasteiger partial charge on any atom is 0.0897 e. The van der Waals surface area contributed by atoms with Crippen LogP contribution in [0.25, 0.3) is 0 Å². The lowest BCUT2D eigenvalue weighted by molar-refractivity contribution is 0.0385. The van der Waals surface area contributed by atoms with Crippen molar-refractivity contribution in [2.24, 2.45) is 0 Å². The largest absolute Gasteiger partial charge is 0.379 e. The summed E-state index contributed by atoms with van der Waals surface area (Å²) in [7, 11) is 0. The van der Waals surface area contributed by atoms with Crippen molar-refractivity contribution in [2.45, 2.75) is 13.3 Å². The molecule has 0 unspecified atom stereocenters. The van der Waals surface area contributed by atoms with E-state index in [1.165, 1.54) is 5.69 Å². The fourth-order valence-electron chi connectivity index (χ4n) is 1.93. The Morgan fingerprint density at radius 1 is 1.41 bits per heavy atom. The van der Waals surface area contributed by atoms with Crippen LogP contribution in [0.4, 0.5) is 0 Å². The van der Waals surface area contributed by atoms with Gasteiger partial charge in [0.05, 0.1) is 23.9 Å². The van der Waals surface area contributed by atoms with Crippen LogP contribution in [-0.2, 0) is 11.2 Å². The van der Waals surface area contributed by atoms with Crippen molar-refractivity contribution >= 4 is 11.3 Å². The lowest BCUT2D eigenvalue weighted by Crippen LogP contribution is -2.40. The first-order valence-electron chi connectivity index (χ1n) is 6.26. The average molecular weight is 255 g/mol. The molecule has 2 heterocycles. The van der Waals surface area contributed by atoms with Crippen molar-refractivity contribution < 1.29 is 4.74 Å². The van der Waals surface area contributed by atoms with Crippen molar-refractivity contribution in [3.8, 4) is 0 Å². The van der Waals surface area contributed by atoms with E-state index >= 15 is 0 Å². The van der Waals surface area contributed by atoms with Gasteiger partial charge in [-0.25, -0.2) is 4.98 Å². The van der Waals surface area contributed by atoms with Gasteiger partial charge < -0.3 is 10.1 Å². The minimum Gasteiger partial charge on any atom is -0.379 e. The van der Waals surface area contributed by atoms with Crippen LogP contribution in [0.3, 0.4) is 0 Å². The molecule has 0 spiro atoms. The summed E-state index contributed by atoms with van der Waals surface area (Å²) in [6.07, 6.45) is 1.04. The first-order valence-corrected chi connectivity index (χ1v) is 7.14. The maximum atomic E-state index is 5.32. The molecule has 96 valence electrons. The van der Waals surface area contributed by atoms with Gasteiger partial charge in [-0.3, -0.25) is 4.90 Å². The summed E-state index contributed by atoms with van der Waals surface area (Å²) in [4.78, 5) is 6.90. The molecule has 0 aliphatic carbocycles. The van der Waals surface area contributed by atoms with E-state index in [0.717, 1.165) is 57.4 Å². The number of hydrogen-bond donors (Lipinski definition) is 1. The van der Waals surface area contributed by atoms with E-state index < -0.39 is 0 Å². The highest BCUT2D eigenvalue weighted by atomic mass is 32.1. The quantitative estimate of drug-likeness (QED) is 0.767. The minimum absolute atomic E-state index is 0.887. The second-order valence-corrected chi connectivity index (χ2v) is 5.37. The molecule has 0 amide bonds. The first-order chi connectivity index (χ1) is 8.34. The Labute approximate surface area is 107 Å². The number of rotatable bonds is 6. The van der Waals surface area contributed by atoms with Crippen molar-refractivity contribution in [2.75, 3.05) is 45.9 Å². The molecule has 1 aromatic rings. The SMILES string of the molecule is Cc1nc(CCNCCN2CCOCC2)cs1. The predicted molar refractivity (Wildman–Crippen MR) is 70.7 cm³/mol. The Balaban J connectivity index is 1.51. The first kappa shape index (κ1) is 13.0. The van der Waals surface area contributed by atoms with E-state index in [0.29, 0.717) is 0 Å². The van der Waals surface area contributed by atoms with Gasteiger partial charge in [-0.05, 0) is 6.92 Å². The number of morpholine rings is 1. The van der Waals surface area contributed by atoms with Gasteiger partial charge in [0.25, 0.3) is 0 Å². The third kappa shape index (κ3) is 4.71.